The van der Waals surface area contributed by atoms with Crippen molar-refractivity contribution in [3.05, 3.63) is 83.4 Å². The number of thioether (sulfide) groups is 1. The van der Waals surface area contributed by atoms with Crippen LogP contribution in [0.5, 0.6) is 0 Å². The molecule has 0 radical (unpaired) electrons. The number of hydrogen-bond acceptors (Lipinski definition) is 4. The van der Waals surface area contributed by atoms with Gasteiger partial charge in [-0.1, -0.05) is 53.7 Å². The van der Waals surface area contributed by atoms with Gasteiger partial charge in [-0.15, -0.1) is 10.2 Å². The highest BCUT2D eigenvalue weighted by molar-refractivity contribution is 7.98. The monoisotopic (exact) mass is 395 g/mol. The fourth-order valence-electron chi connectivity index (χ4n) is 2.82. The SMILES string of the molecule is Cn1c(SCc2nccn2Cc2ccccc2)nnc1-c1ccc(Cl)cc1. The lowest BCUT2D eigenvalue weighted by molar-refractivity contribution is 0.752. The van der Waals surface area contributed by atoms with Crippen molar-refractivity contribution in [2.24, 2.45) is 7.05 Å². The van der Waals surface area contributed by atoms with Gasteiger partial charge in [-0.25, -0.2) is 4.98 Å². The molecule has 0 fully saturated rings. The summed E-state index contributed by atoms with van der Waals surface area (Å²) >= 11 is 7.60. The van der Waals surface area contributed by atoms with Crippen LogP contribution < -0.4 is 0 Å². The molecule has 0 amide bonds. The van der Waals surface area contributed by atoms with Gasteiger partial charge in [0.2, 0.25) is 0 Å². The molecule has 5 nitrogen and oxygen atoms in total. The van der Waals surface area contributed by atoms with Crippen molar-refractivity contribution in [3.63, 3.8) is 0 Å². The van der Waals surface area contributed by atoms with Crippen LogP contribution >= 0.6 is 23.4 Å². The average Bonchev–Trinajstić information content (AvgIpc) is 3.28. The molecule has 136 valence electrons. The second kappa shape index (κ2) is 7.98. The first kappa shape index (κ1) is 17.8. The first-order valence-electron chi connectivity index (χ1n) is 8.53. The molecule has 0 bridgehead atoms. The number of aromatic nitrogens is 5. The van der Waals surface area contributed by atoms with Crippen LogP contribution in [-0.2, 0) is 19.3 Å². The minimum absolute atomic E-state index is 0.709. The van der Waals surface area contributed by atoms with Gasteiger partial charge in [0.1, 0.15) is 5.82 Å². The van der Waals surface area contributed by atoms with Gasteiger partial charge in [-0.3, -0.25) is 0 Å². The molecule has 0 N–H and O–H groups in total. The number of nitrogens with zero attached hydrogens (tertiary/aromatic N) is 5. The Balaban J connectivity index is 1.47. The molecule has 7 heteroatoms. The Labute approximate surface area is 167 Å². The maximum absolute atomic E-state index is 5.97. The van der Waals surface area contributed by atoms with Gasteiger partial charge in [-0.05, 0) is 29.8 Å². The molecule has 2 aromatic carbocycles. The van der Waals surface area contributed by atoms with E-state index in [2.05, 4.69) is 44.0 Å². The van der Waals surface area contributed by atoms with Crippen molar-refractivity contribution < 1.29 is 0 Å². The maximum Gasteiger partial charge on any atom is 0.191 e. The molecular formula is C20H18ClN5S. The van der Waals surface area contributed by atoms with Crippen molar-refractivity contribution in [1.29, 1.82) is 0 Å². The maximum atomic E-state index is 5.97. The third kappa shape index (κ3) is 4.07. The number of halogens is 1. The van der Waals surface area contributed by atoms with E-state index in [-0.39, 0.29) is 0 Å². The number of benzene rings is 2. The summed E-state index contributed by atoms with van der Waals surface area (Å²) in [5.74, 6) is 2.56. The standard InChI is InChI=1S/C20H18ClN5S/c1-25-19(16-7-9-17(21)10-8-16)23-24-20(25)27-14-18-22-11-12-26(18)13-15-5-3-2-4-6-15/h2-12H,13-14H2,1H3. The van der Waals surface area contributed by atoms with Crippen LogP contribution in [0.4, 0.5) is 0 Å². The fourth-order valence-corrected chi connectivity index (χ4v) is 3.83. The summed E-state index contributed by atoms with van der Waals surface area (Å²) in [6.07, 6.45) is 3.85. The van der Waals surface area contributed by atoms with E-state index in [9.17, 15) is 0 Å². The first-order valence-corrected chi connectivity index (χ1v) is 9.89. The summed E-state index contributed by atoms with van der Waals surface area (Å²) in [4.78, 5) is 4.50. The largest absolute Gasteiger partial charge is 0.330 e. The minimum atomic E-state index is 0.709. The van der Waals surface area contributed by atoms with Gasteiger partial charge in [0.05, 0.1) is 5.75 Å². The summed E-state index contributed by atoms with van der Waals surface area (Å²) < 4.78 is 4.16. The minimum Gasteiger partial charge on any atom is -0.330 e. The third-order valence-electron chi connectivity index (χ3n) is 4.27. The van der Waals surface area contributed by atoms with E-state index < -0.39 is 0 Å². The molecule has 0 unspecified atom stereocenters. The third-order valence-corrected chi connectivity index (χ3v) is 5.53. The Morgan fingerprint density at radius 2 is 1.78 bits per heavy atom. The van der Waals surface area contributed by atoms with E-state index in [0.29, 0.717) is 5.02 Å². The summed E-state index contributed by atoms with van der Waals surface area (Å²) in [7, 11) is 1.97. The molecule has 2 heterocycles. The van der Waals surface area contributed by atoms with Crippen LogP contribution in [0.1, 0.15) is 11.4 Å². The second-order valence-corrected chi connectivity index (χ2v) is 7.50. The molecule has 4 rings (SSSR count). The Kier molecular flexibility index (Phi) is 5.27. The van der Waals surface area contributed by atoms with E-state index in [4.69, 9.17) is 11.6 Å². The zero-order valence-electron chi connectivity index (χ0n) is 14.8. The van der Waals surface area contributed by atoms with Crippen molar-refractivity contribution >= 4 is 23.4 Å². The molecule has 0 saturated carbocycles. The number of rotatable bonds is 6. The Bertz CT molecular complexity index is 1020. The molecule has 27 heavy (non-hydrogen) atoms. The molecule has 0 aliphatic carbocycles. The molecule has 0 aliphatic rings. The van der Waals surface area contributed by atoms with Crippen molar-refractivity contribution in [2.45, 2.75) is 17.5 Å². The molecule has 4 aromatic rings. The van der Waals surface area contributed by atoms with Crippen LogP contribution in [0.3, 0.4) is 0 Å². The summed E-state index contributed by atoms with van der Waals surface area (Å²) in [6.45, 7) is 0.811. The predicted molar refractivity (Wildman–Crippen MR) is 109 cm³/mol. The predicted octanol–water partition coefficient (Wildman–Crippen LogP) is 4.67. The van der Waals surface area contributed by atoms with Gasteiger partial charge in [0.25, 0.3) is 0 Å². The van der Waals surface area contributed by atoms with Crippen LogP contribution in [0.25, 0.3) is 11.4 Å². The van der Waals surface area contributed by atoms with Crippen LogP contribution in [0, 0.1) is 0 Å². The van der Waals surface area contributed by atoms with E-state index in [1.165, 1.54) is 5.56 Å². The molecule has 2 aromatic heterocycles. The van der Waals surface area contributed by atoms with E-state index in [1.54, 1.807) is 11.8 Å². The van der Waals surface area contributed by atoms with Gasteiger partial charge in [0.15, 0.2) is 11.0 Å². The highest BCUT2D eigenvalue weighted by Crippen LogP contribution is 2.25. The molecule has 0 spiro atoms. The van der Waals surface area contributed by atoms with Crippen molar-refractivity contribution in [3.8, 4) is 11.4 Å². The van der Waals surface area contributed by atoms with Crippen LogP contribution in [0.2, 0.25) is 5.02 Å². The number of imidazole rings is 1. The summed E-state index contributed by atoms with van der Waals surface area (Å²) in [5.41, 5.74) is 2.25. The van der Waals surface area contributed by atoms with Gasteiger partial charge >= 0.3 is 0 Å². The molecular weight excluding hydrogens is 378 g/mol. The Morgan fingerprint density at radius 1 is 1.00 bits per heavy atom. The van der Waals surface area contributed by atoms with Gasteiger partial charge in [0, 0.05) is 36.6 Å². The zero-order chi connectivity index (χ0) is 18.6. The average molecular weight is 396 g/mol. The zero-order valence-corrected chi connectivity index (χ0v) is 16.4. The van der Waals surface area contributed by atoms with Crippen molar-refractivity contribution in [1.82, 2.24) is 24.3 Å². The summed E-state index contributed by atoms with van der Waals surface area (Å²) in [5, 5.41) is 10.2. The van der Waals surface area contributed by atoms with Gasteiger partial charge in [-0.2, -0.15) is 0 Å². The first-order chi connectivity index (χ1) is 13.2. The molecule has 0 atom stereocenters. The normalized spacial score (nSPS) is 11.0. The Morgan fingerprint density at radius 3 is 2.56 bits per heavy atom. The van der Waals surface area contributed by atoms with Crippen molar-refractivity contribution in [2.75, 3.05) is 0 Å². The van der Waals surface area contributed by atoms with E-state index in [0.717, 1.165) is 34.7 Å². The lowest BCUT2D eigenvalue weighted by Gasteiger charge is -2.08. The second-order valence-electron chi connectivity index (χ2n) is 6.12. The fraction of sp³-hybridized carbons (Fsp3) is 0.150. The summed E-state index contributed by atoms with van der Waals surface area (Å²) in [6, 6.07) is 18.0. The van der Waals surface area contributed by atoms with Crippen LogP contribution in [-0.4, -0.2) is 24.3 Å². The van der Waals surface area contributed by atoms with Crippen LogP contribution in [0.15, 0.2) is 72.1 Å². The highest BCUT2D eigenvalue weighted by atomic mass is 35.5. The smallest absolute Gasteiger partial charge is 0.191 e. The Hall–Kier alpha value is -2.57. The number of hydrogen-bond donors (Lipinski definition) is 0. The van der Waals surface area contributed by atoms with E-state index >= 15 is 0 Å². The molecule has 0 saturated heterocycles. The van der Waals surface area contributed by atoms with Gasteiger partial charge < -0.3 is 9.13 Å². The quantitative estimate of drug-likeness (QED) is 0.445. The van der Waals surface area contributed by atoms with E-state index in [1.807, 2.05) is 54.3 Å². The highest BCUT2D eigenvalue weighted by Gasteiger charge is 2.13. The molecule has 0 aliphatic heterocycles. The topological polar surface area (TPSA) is 48.5 Å². The lowest BCUT2D eigenvalue weighted by Crippen LogP contribution is -2.04. The lowest BCUT2D eigenvalue weighted by atomic mass is 10.2.